The van der Waals surface area contributed by atoms with Gasteiger partial charge in [-0.15, -0.1) is 0 Å². The predicted molar refractivity (Wildman–Crippen MR) is 77.5 cm³/mol. The van der Waals surface area contributed by atoms with Gasteiger partial charge in [-0.1, -0.05) is 48.0 Å². The first-order valence-electron chi connectivity index (χ1n) is 6.66. The van der Waals surface area contributed by atoms with Crippen LogP contribution < -0.4 is 4.74 Å². The van der Waals surface area contributed by atoms with E-state index in [2.05, 4.69) is 19.1 Å². The maximum absolute atomic E-state index is 10.4. The Bertz CT molecular complexity index is 534. The molecule has 0 spiro atoms. The van der Waals surface area contributed by atoms with Crippen LogP contribution in [0.25, 0.3) is 0 Å². The molecule has 0 heterocycles. The second-order valence-corrected chi connectivity index (χ2v) is 4.68. The van der Waals surface area contributed by atoms with Crippen LogP contribution in [0, 0.1) is 6.92 Å². The van der Waals surface area contributed by atoms with E-state index < -0.39 is 6.10 Å². The molecular weight excluding hydrogens is 236 g/mol. The highest BCUT2D eigenvalue weighted by molar-refractivity contribution is 5.36. The van der Waals surface area contributed by atoms with Crippen LogP contribution >= 0.6 is 0 Å². The Labute approximate surface area is 114 Å². The Hall–Kier alpha value is -1.80. The van der Waals surface area contributed by atoms with Gasteiger partial charge in [-0.2, -0.15) is 0 Å². The zero-order valence-corrected chi connectivity index (χ0v) is 11.5. The molecule has 2 aromatic carbocycles. The first kappa shape index (κ1) is 13.6. The molecular formula is C17H20O2. The molecule has 1 unspecified atom stereocenters. The molecule has 1 atom stereocenters. The molecule has 2 nitrogen and oxygen atoms in total. The third-order valence-electron chi connectivity index (χ3n) is 3.09. The van der Waals surface area contributed by atoms with Gasteiger partial charge in [0.05, 0.1) is 12.7 Å². The third kappa shape index (κ3) is 3.58. The standard InChI is InChI=1S/C17H20O2/c1-3-19-17-10-5-4-9-15(17)16(18)12-14-8-6-7-13(2)11-14/h4-11,16,18H,3,12H2,1-2H3. The number of aryl methyl sites for hydroxylation is 1. The normalized spacial score (nSPS) is 12.2. The first-order chi connectivity index (χ1) is 9.20. The van der Waals surface area contributed by atoms with Crippen molar-refractivity contribution in [1.29, 1.82) is 0 Å². The molecule has 0 saturated heterocycles. The highest BCUT2D eigenvalue weighted by Gasteiger charge is 2.13. The van der Waals surface area contributed by atoms with E-state index in [0.29, 0.717) is 13.0 Å². The largest absolute Gasteiger partial charge is 0.493 e. The summed E-state index contributed by atoms with van der Waals surface area (Å²) >= 11 is 0. The van der Waals surface area contributed by atoms with Crippen molar-refractivity contribution < 1.29 is 9.84 Å². The lowest BCUT2D eigenvalue weighted by molar-refractivity contribution is 0.172. The molecule has 0 aliphatic rings. The van der Waals surface area contributed by atoms with E-state index in [1.807, 2.05) is 43.3 Å². The van der Waals surface area contributed by atoms with E-state index in [9.17, 15) is 5.11 Å². The summed E-state index contributed by atoms with van der Waals surface area (Å²) in [7, 11) is 0. The highest BCUT2D eigenvalue weighted by atomic mass is 16.5. The van der Waals surface area contributed by atoms with Gasteiger partial charge in [0.15, 0.2) is 0 Å². The van der Waals surface area contributed by atoms with Crippen molar-refractivity contribution in [1.82, 2.24) is 0 Å². The van der Waals surface area contributed by atoms with Crippen LogP contribution in [-0.4, -0.2) is 11.7 Å². The van der Waals surface area contributed by atoms with Crippen LogP contribution in [-0.2, 0) is 6.42 Å². The molecule has 100 valence electrons. The first-order valence-corrected chi connectivity index (χ1v) is 6.66. The average Bonchev–Trinajstić information content (AvgIpc) is 2.39. The van der Waals surface area contributed by atoms with E-state index in [4.69, 9.17) is 4.74 Å². The zero-order chi connectivity index (χ0) is 13.7. The molecule has 0 aliphatic carbocycles. The molecule has 0 bridgehead atoms. The SMILES string of the molecule is CCOc1ccccc1C(O)Cc1cccc(C)c1. The van der Waals surface area contributed by atoms with Crippen molar-refractivity contribution in [2.45, 2.75) is 26.4 Å². The molecule has 0 aromatic heterocycles. The van der Waals surface area contributed by atoms with Gasteiger partial charge in [0.1, 0.15) is 5.75 Å². The van der Waals surface area contributed by atoms with Crippen LogP contribution in [0.3, 0.4) is 0 Å². The third-order valence-corrected chi connectivity index (χ3v) is 3.09. The highest BCUT2D eigenvalue weighted by Crippen LogP contribution is 2.27. The maximum atomic E-state index is 10.4. The topological polar surface area (TPSA) is 29.5 Å². The van der Waals surface area contributed by atoms with Gasteiger partial charge in [0.2, 0.25) is 0 Å². The van der Waals surface area contributed by atoms with Crippen molar-refractivity contribution in [2.24, 2.45) is 0 Å². The minimum Gasteiger partial charge on any atom is -0.493 e. The summed E-state index contributed by atoms with van der Waals surface area (Å²) in [4.78, 5) is 0. The molecule has 2 aromatic rings. The summed E-state index contributed by atoms with van der Waals surface area (Å²) in [5.41, 5.74) is 3.20. The van der Waals surface area contributed by atoms with E-state index in [-0.39, 0.29) is 0 Å². The van der Waals surface area contributed by atoms with Crippen LogP contribution in [0.15, 0.2) is 48.5 Å². The summed E-state index contributed by atoms with van der Waals surface area (Å²) in [6.45, 7) is 4.61. The Morgan fingerprint density at radius 2 is 1.89 bits per heavy atom. The number of ether oxygens (including phenoxy) is 1. The van der Waals surface area contributed by atoms with Crippen LogP contribution in [0.1, 0.15) is 29.7 Å². The van der Waals surface area contributed by atoms with Crippen LogP contribution in [0.2, 0.25) is 0 Å². The molecule has 0 fully saturated rings. The van der Waals surface area contributed by atoms with Gasteiger partial charge in [-0.25, -0.2) is 0 Å². The Morgan fingerprint density at radius 3 is 2.63 bits per heavy atom. The fraction of sp³-hybridized carbons (Fsp3) is 0.294. The van der Waals surface area contributed by atoms with Crippen molar-refractivity contribution in [3.8, 4) is 5.75 Å². The summed E-state index contributed by atoms with van der Waals surface area (Å²) in [6.07, 6.45) is 0.0655. The zero-order valence-electron chi connectivity index (χ0n) is 11.5. The van der Waals surface area contributed by atoms with Gasteiger partial charge in [0, 0.05) is 12.0 Å². The lowest BCUT2D eigenvalue weighted by Crippen LogP contribution is -2.05. The smallest absolute Gasteiger partial charge is 0.125 e. The second-order valence-electron chi connectivity index (χ2n) is 4.68. The van der Waals surface area contributed by atoms with Crippen molar-refractivity contribution in [3.63, 3.8) is 0 Å². The molecule has 2 rings (SSSR count). The number of para-hydroxylation sites is 1. The lowest BCUT2D eigenvalue weighted by atomic mass is 9.99. The number of aliphatic hydroxyl groups is 1. The van der Waals surface area contributed by atoms with E-state index in [1.54, 1.807) is 0 Å². The van der Waals surface area contributed by atoms with E-state index in [1.165, 1.54) is 5.56 Å². The predicted octanol–water partition coefficient (Wildman–Crippen LogP) is 3.67. The molecule has 1 N–H and O–H groups in total. The summed E-state index contributed by atoms with van der Waals surface area (Å²) in [5.74, 6) is 0.769. The number of aliphatic hydroxyl groups excluding tert-OH is 1. The second kappa shape index (κ2) is 6.39. The average molecular weight is 256 g/mol. The van der Waals surface area contributed by atoms with Crippen LogP contribution in [0.5, 0.6) is 5.75 Å². The summed E-state index contributed by atoms with van der Waals surface area (Å²) in [6, 6.07) is 15.9. The van der Waals surface area contributed by atoms with Gasteiger partial charge >= 0.3 is 0 Å². The molecule has 0 saturated carbocycles. The number of hydrogen-bond donors (Lipinski definition) is 1. The molecule has 0 amide bonds. The maximum Gasteiger partial charge on any atom is 0.125 e. The fourth-order valence-electron chi connectivity index (χ4n) is 2.22. The van der Waals surface area contributed by atoms with Gasteiger partial charge in [0.25, 0.3) is 0 Å². The van der Waals surface area contributed by atoms with Crippen molar-refractivity contribution in [2.75, 3.05) is 6.61 Å². The Balaban J connectivity index is 2.17. The van der Waals surface area contributed by atoms with E-state index >= 15 is 0 Å². The Morgan fingerprint density at radius 1 is 1.11 bits per heavy atom. The monoisotopic (exact) mass is 256 g/mol. The van der Waals surface area contributed by atoms with E-state index in [0.717, 1.165) is 16.9 Å². The number of benzene rings is 2. The van der Waals surface area contributed by atoms with Gasteiger partial charge in [-0.3, -0.25) is 0 Å². The van der Waals surface area contributed by atoms with Gasteiger partial charge in [-0.05, 0) is 25.5 Å². The fourth-order valence-corrected chi connectivity index (χ4v) is 2.22. The van der Waals surface area contributed by atoms with Crippen LogP contribution in [0.4, 0.5) is 0 Å². The lowest BCUT2D eigenvalue weighted by Gasteiger charge is -2.16. The minimum absolute atomic E-state index is 0.537. The van der Waals surface area contributed by atoms with Crippen molar-refractivity contribution >= 4 is 0 Å². The molecule has 0 aliphatic heterocycles. The van der Waals surface area contributed by atoms with Gasteiger partial charge < -0.3 is 9.84 Å². The summed E-state index contributed by atoms with van der Waals surface area (Å²) in [5, 5.41) is 10.4. The Kier molecular flexibility index (Phi) is 4.58. The minimum atomic E-state index is -0.537. The molecule has 0 radical (unpaired) electrons. The van der Waals surface area contributed by atoms with Crippen molar-refractivity contribution in [3.05, 3.63) is 65.2 Å². The molecule has 2 heteroatoms. The number of hydrogen-bond acceptors (Lipinski definition) is 2. The summed E-state index contributed by atoms with van der Waals surface area (Å²) < 4.78 is 5.56. The number of rotatable bonds is 5. The molecule has 19 heavy (non-hydrogen) atoms. The quantitative estimate of drug-likeness (QED) is 0.884.